The molecule has 24 heavy (non-hydrogen) atoms. The molecule has 1 aromatic heterocycles. The smallest absolute Gasteiger partial charge is 0.340 e. The molecular formula is C14H14BrF2N2O4P. The lowest BCUT2D eigenvalue weighted by molar-refractivity contribution is -0.121. The summed E-state index contributed by atoms with van der Waals surface area (Å²) in [7, 11) is -1.97. The van der Waals surface area contributed by atoms with Crippen LogP contribution in [0.25, 0.3) is 10.8 Å². The van der Waals surface area contributed by atoms with Gasteiger partial charge in [0.1, 0.15) is 0 Å². The van der Waals surface area contributed by atoms with Crippen molar-refractivity contribution < 1.29 is 28.1 Å². The van der Waals surface area contributed by atoms with E-state index in [-0.39, 0.29) is 29.3 Å². The van der Waals surface area contributed by atoms with Gasteiger partial charge in [0.25, 0.3) is 0 Å². The SMILES string of the molecule is CNC(=O)CCOc1cc2cc(C(F)(F)P(O)O)c(Br)cc2cn1. The average molecular weight is 423 g/mol. The summed E-state index contributed by atoms with van der Waals surface area (Å²) in [6.45, 7) is 0.0936. The number of halogens is 3. The van der Waals surface area contributed by atoms with E-state index in [2.05, 4.69) is 26.2 Å². The van der Waals surface area contributed by atoms with Crippen LogP contribution in [0, 0.1) is 0 Å². The summed E-state index contributed by atoms with van der Waals surface area (Å²) in [6, 6.07) is 4.01. The van der Waals surface area contributed by atoms with Gasteiger partial charge in [-0.2, -0.15) is 8.78 Å². The number of fused-ring (bicyclic) bond motifs is 1. The van der Waals surface area contributed by atoms with Crippen LogP contribution in [-0.4, -0.2) is 34.3 Å². The number of alkyl halides is 2. The molecule has 1 aromatic carbocycles. The number of hydrogen-bond acceptors (Lipinski definition) is 5. The number of nitrogens with zero attached hydrogens (tertiary/aromatic N) is 1. The van der Waals surface area contributed by atoms with Crippen molar-refractivity contribution in [1.29, 1.82) is 0 Å². The fraction of sp³-hybridized carbons (Fsp3) is 0.286. The van der Waals surface area contributed by atoms with Gasteiger partial charge < -0.3 is 19.8 Å². The molecule has 0 atom stereocenters. The first-order valence-electron chi connectivity index (χ1n) is 6.74. The first kappa shape index (κ1) is 18.9. The monoisotopic (exact) mass is 422 g/mol. The second-order valence-electron chi connectivity index (χ2n) is 4.80. The van der Waals surface area contributed by atoms with Gasteiger partial charge in [-0.25, -0.2) is 4.98 Å². The zero-order chi connectivity index (χ0) is 17.9. The van der Waals surface area contributed by atoms with Crippen molar-refractivity contribution in [3.05, 3.63) is 34.4 Å². The first-order valence-corrected chi connectivity index (χ1v) is 8.78. The van der Waals surface area contributed by atoms with Gasteiger partial charge in [0, 0.05) is 34.7 Å². The quantitative estimate of drug-likeness (QED) is 0.622. The maximum absolute atomic E-state index is 13.9. The lowest BCUT2D eigenvalue weighted by atomic mass is 10.1. The summed E-state index contributed by atoms with van der Waals surface area (Å²) < 4.78 is 33.2. The summed E-state index contributed by atoms with van der Waals surface area (Å²) >= 11 is 3.01. The Morgan fingerprint density at radius 1 is 1.38 bits per heavy atom. The highest BCUT2D eigenvalue weighted by Gasteiger charge is 2.42. The van der Waals surface area contributed by atoms with Crippen LogP contribution < -0.4 is 10.1 Å². The van der Waals surface area contributed by atoms with E-state index in [1.54, 1.807) is 0 Å². The standard InChI is InChI=1S/C14H14BrF2N2O4P/c1-18-12(20)2-3-23-13-6-8-4-10(14(16,17)24(21)22)11(15)5-9(8)7-19-13/h4-7,21-22H,2-3H2,1H3,(H,18,20). The van der Waals surface area contributed by atoms with Crippen molar-refractivity contribution in [2.24, 2.45) is 0 Å². The molecule has 0 aliphatic heterocycles. The molecule has 6 nitrogen and oxygen atoms in total. The molecule has 1 heterocycles. The topological polar surface area (TPSA) is 91.7 Å². The van der Waals surface area contributed by atoms with Crippen LogP contribution in [0.3, 0.4) is 0 Å². The highest BCUT2D eigenvalue weighted by Crippen LogP contribution is 2.54. The van der Waals surface area contributed by atoms with Crippen molar-refractivity contribution in [1.82, 2.24) is 10.3 Å². The number of benzene rings is 1. The largest absolute Gasteiger partial charge is 0.477 e. The van der Waals surface area contributed by atoms with E-state index in [0.717, 1.165) is 6.07 Å². The molecule has 1 amide bonds. The Labute approximate surface area is 145 Å². The van der Waals surface area contributed by atoms with Crippen LogP contribution in [0.1, 0.15) is 12.0 Å². The number of nitrogens with one attached hydrogen (secondary N) is 1. The lowest BCUT2D eigenvalue weighted by Gasteiger charge is -2.19. The van der Waals surface area contributed by atoms with E-state index in [9.17, 15) is 13.6 Å². The molecule has 0 aliphatic carbocycles. The maximum Gasteiger partial charge on any atom is 0.340 e. The highest BCUT2D eigenvalue weighted by atomic mass is 79.9. The predicted octanol–water partition coefficient (Wildman–Crippen LogP) is 2.86. The summed E-state index contributed by atoms with van der Waals surface area (Å²) in [5.74, 6) is -0.0147. The number of carbonyl (C=O) groups is 1. The Balaban J connectivity index is 2.31. The molecule has 0 saturated carbocycles. The van der Waals surface area contributed by atoms with Gasteiger partial charge in [-0.3, -0.25) is 4.79 Å². The van der Waals surface area contributed by atoms with E-state index < -0.39 is 19.6 Å². The Morgan fingerprint density at radius 3 is 2.71 bits per heavy atom. The second-order valence-corrected chi connectivity index (χ2v) is 6.80. The van der Waals surface area contributed by atoms with E-state index in [0.29, 0.717) is 10.8 Å². The van der Waals surface area contributed by atoms with Crippen molar-refractivity contribution in [2.45, 2.75) is 12.1 Å². The van der Waals surface area contributed by atoms with Crippen molar-refractivity contribution in [3.63, 3.8) is 0 Å². The van der Waals surface area contributed by atoms with Gasteiger partial charge in [0.15, 0.2) is 0 Å². The van der Waals surface area contributed by atoms with Crippen molar-refractivity contribution >= 4 is 41.0 Å². The highest BCUT2D eigenvalue weighted by molar-refractivity contribution is 9.10. The fourth-order valence-electron chi connectivity index (χ4n) is 1.94. The van der Waals surface area contributed by atoms with E-state index >= 15 is 0 Å². The van der Waals surface area contributed by atoms with Crippen molar-refractivity contribution in [3.8, 4) is 5.88 Å². The number of rotatable bonds is 6. The van der Waals surface area contributed by atoms with Gasteiger partial charge in [-0.15, -0.1) is 0 Å². The van der Waals surface area contributed by atoms with Crippen LogP contribution in [0.15, 0.2) is 28.9 Å². The number of amides is 1. The zero-order valence-corrected chi connectivity index (χ0v) is 14.9. The molecule has 2 rings (SSSR count). The van der Waals surface area contributed by atoms with Gasteiger partial charge in [-0.05, 0) is 17.5 Å². The molecule has 0 saturated heterocycles. The molecule has 0 bridgehead atoms. The lowest BCUT2D eigenvalue weighted by Crippen LogP contribution is -2.20. The van der Waals surface area contributed by atoms with E-state index in [4.69, 9.17) is 14.5 Å². The Kier molecular flexibility index (Phi) is 6.03. The predicted molar refractivity (Wildman–Crippen MR) is 88.9 cm³/mol. The molecule has 0 radical (unpaired) electrons. The minimum atomic E-state index is -3.77. The van der Waals surface area contributed by atoms with Gasteiger partial charge in [0.05, 0.1) is 13.0 Å². The third kappa shape index (κ3) is 4.16. The second kappa shape index (κ2) is 7.65. The third-order valence-corrected chi connectivity index (χ3v) is 4.62. The number of carbonyl (C=O) groups excluding carboxylic acids is 1. The molecule has 3 N–H and O–H groups in total. The number of pyridine rings is 1. The molecule has 0 spiro atoms. The van der Waals surface area contributed by atoms with Gasteiger partial charge in [-0.1, -0.05) is 15.9 Å². The molecular weight excluding hydrogens is 409 g/mol. The van der Waals surface area contributed by atoms with Crippen LogP contribution in [-0.2, 0) is 10.5 Å². The van der Waals surface area contributed by atoms with Crippen LogP contribution >= 0.6 is 24.3 Å². The summed E-state index contributed by atoms with van der Waals surface area (Å²) in [4.78, 5) is 33.1. The van der Waals surface area contributed by atoms with Gasteiger partial charge >= 0.3 is 5.66 Å². The Morgan fingerprint density at radius 2 is 2.08 bits per heavy atom. The molecule has 0 aliphatic rings. The van der Waals surface area contributed by atoms with Crippen LogP contribution in [0.2, 0.25) is 0 Å². The zero-order valence-electron chi connectivity index (χ0n) is 12.5. The summed E-state index contributed by atoms with van der Waals surface area (Å²) in [5.41, 5.74) is -4.31. The molecule has 0 unspecified atom stereocenters. The summed E-state index contributed by atoms with van der Waals surface area (Å²) in [5, 5.41) is 3.42. The van der Waals surface area contributed by atoms with Crippen molar-refractivity contribution in [2.75, 3.05) is 13.7 Å². The van der Waals surface area contributed by atoms with Gasteiger partial charge in [0.2, 0.25) is 20.2 Å². The number of aromatic nitrogens is 1. The van der Waals surface area contributed by atoms with Crippen LogP contribution in [0.4, 0.5) is 8.78 Å². The van der Waals surface area contributed by atoms with Crippen LogP contribution in [0.5, 0.6) is 5.88 Å². The molecule has 130 valence electrons. The molecule has 10 heteroatoms. The Bertz CT molecular complexity index is 761. The normalized spacial score (nSPS) is 11.8. The third-order valence-electron chi connectivity index (χ3n) is 3.22. The fourth-order valence-corrected chi connectivity index (χ4v) is 3.10. The molecule has 0 fully saturated rings. The maximum atomic E-state index is 13.9. The first-order chi connectivity index (χ1) is 11.3. The van der Waals surface area contributed by atoms with E-state index in [1.807, 2.05) is 0 Å². The minimum Gasteiger partial charge on any atom is -0.477 e. The molecule has 2 aromatic rings. The summed E-state index contributed by atoms with van der Waals surface area (Å²) in [6.07, 6.45) is 1.58. The minimum absolute atomic E-state index is 0.0469. The average Bonchev–Trinajstić information content (AvgIpc) is 2.53. The Hall–Kier alpha value is -1.41. The number of ether oxygens (including phenoxy) is 1. The number of hydrogen-bond donors (Lipinski definition) is 3. The van der Waals surface area contributed by atoms with E-state index in [1.165, 1.54) is 25.4 Å².